The quantitative estimate of drug-likeness (QED) is 0.882. The Labute approximate surface area is 150 Å². The summed E-state index contributed by atoms with van der Waals surface area (Å²) in [6.45, 7) is 3.19. The van der Waals surface area contributed by atoms with Crippen molar-refractivity contribution in [3.8, 4) is 5.75 Å². The number of piperidine rings is 1. The molecule has 1 N–H and O–H groups in total. The Morgan fingerprint density at radius 1 is 1.31 bits per heavy atom. The minimum Gasteiger partial charge on any atom is -0.490 e. The highest BCUT2D eigenvalue weighted by Crippen LogP contribution is 2.32. The van der Waals surface area contributed by atoms with Crippen LogP contribution in [-0.2, 0) is 15.7 Å². The lowest BCUT2D eigenvalue weighted by atomic mass is 10.1. The number of rotatable bonds is 4. The van der Waals surface area contributed by atoms with Crippen molar-refractivity contribution in [2.24, 2.45) is 0 Å². The Morgan fingerprint density at radius 2 is 2.08 bits per heavy atom. The number of carbonyl (C=O) groups is 1. The van der Waals surface area contributed by atoms with E-state index < -0.39 is 11.7 Å². The van der Waals surface area contributed by atoms with E-state index in [1.807, 2.05) is 0 Å². The van der Waals surface area contributed by atoms with E-state index in [0.29, 0.717) is 45.5 Å². The van der Waals surface area contributed by atoms with Crippen molar-refractivity contribution in [1.29, 1.82) is 0 Å². The number of benzene rings is 1. The van der Waals surface area contributed by atoms with E-state index in [1.54, 1.807) is 4.90 Å². The molecule has 3 rings (SSSR count). The fraction of sp³-hybridized carbons (Fsp3) is 0.611. The van der Waals surface area contributed by atoms with Crippen LogP contribution >= 0.6 is 0 Å². The number of ether oxygens (including phenoxy) is 2. The van der Waals surface area contributed by atoms with Gasteiger partial charge in [0.15, 0.2) is 0 Å². The predicted octanol–water partition coefficient (Wildman–Crippen LogP) is 2.45. The number of morpholine rings is 1. The maximum Gasteiger partial charge on any atom is 0.416 e. The molecule has 2 aliphatic rings. The number of alkyl halides is 3. The highest BCUT2D eigenvalue weighted by atomic mass is 19.4. The van der Waals surface area contributed by atoms with Crippen LogP contribution in [0.4, 0.5) is 13.2 Å². The summed E-state index contributed by atoms with van der Waals surface area (Å²) in [4.78, 5) is 14.1. The van der Waals surface area contributed by atoms with E-state index in [1.165, 1.54) is 12.1 Å². The van der Waals surface area contributed by atoms with Gasteiger partial charge in [-0.2, -0.15) is 13.2 Å². The van der Waals surface area contributed by atoms with Crippen molar-refractivity contribution in [2.45, 2.75) is 37.6 Å². The van der Waals surface area contributed by atoms with Crippen molar-refractivity contribution in [1.82, 2.24) is 10.2 Å². The third-order valence-corrected chi connectivity index (χ3v) is 4.67. The van der Waals surface area contributed by atoms with E-state index in [2.05, 4.69) is 5.32 Å². The first kappa shape index (κ1) is 19.0. The molecule has 5 nitrogen and oxygen atoms in total. The van der Waals surface area contributed by atoms with Gasteiger partial charge in [-0.05, 0) is 18.2 Å². The fourth-order valence-electron chi connectivity index (χ4n) is 3.24. The molecule has 1 amide bonds. The summed E-state index contributed by atoms with van der Waals surface area (Å²) in [6.07, 6.45) is -3.10. The topological polar surface area (TPSA) is 50.8 Å². The van der Waals surface area contributed by atoms with Crippen molar-refractivity contribution in [3.63, 3.8) is 0 Å². The van der Waals surface area contributed by atoms with E-state index in [0.717, 1.165) is 18.7 Å². The lowest BCUT2D eigenvalue weighted by Crippen LogP contribution is -2.45. The molecular formula is C18H23F3N2O3. The zero-order valence-electron chi connectivity index (χ0n) is 14.4. The molecule has 0 bridgehead atoms. The van der Waals surface area contributed by atoms with E-state index in [-0.39, 0.29) is 23.9 Å². The molecule has 1 atom stereocenters. The van der Waals surface area contributed by atoms with Crippen molar-refractivity contribution in [3.05, 3.63) is 29.8 Å². The summed E-state index contributed by atoms with van der Waals surface area (Å²) in [5.41, 5.74) is -0.719. The molecule has 144 valence electrons. The molecule has 2 saturated heterocycles. The van der Waals surface area contributed by atoms with Gasteiger partial charge in [0.25, 0.3) is 0 Å². The van der Waals surface area contributed by atoms with Crippen LogP contribution in [0, 0.1) is 0 Å². The molecule has 8 heteroatoms. The van der Waals surface area contributed by atoms with Crippen LogP contribution in [0.25, 0.3) is 0 Å². The largest absolute Gasteiger partial charge is 0.490 e. The van der Waals surface area contributed by atoms with Gasteiger partial charge in [-0.25, -0.2) is 0 Å². The van der Waals surface area contributed by atoms with Gasteiger partial charge in [-0.15, -0.1) is 0 Å². The molecule has 0 unspecified atom stereocenters. The number of nitrogens with zero attached hydrogens (tertiary/aromatic N) is 1. The Hall–Kier alpha value is -1.80. The van der Waals surface area contributed by atoms with Crippen molar-refractivity contribution in [2.75, 3.05) is 32.8 Å². The molecule has 0 spiro atoms. The van der Waals surface area contributed by atoms with Crippen LogP contribution in [0.5, 0.6) is 5.75 Å². The second kappa shape index (κ2) is 8.26. The number of amides is 1. The molecule has 1 aromatic carbocycles. The number of halogens is 3. The Balaban J connectivity index is 1.47. The molecule has 2 heterocycles. The second-order valence-electron chi connectivity index (χ2n) is 6.62. The molecule has 1 aromatic rings. The molecule has 0 radical (unpaired) electrons. The van der Waals surface area contributed by atoms with Gasteiger partial charge in [0.2, 0.25) is 5.91 Å². The minimum absolute atomic E-state index is 0.0521. The first-order valence-electron chi connectivity index (χ1n) is 8.86. The normalized spacial score (nSPS) is 22.3. The molecule has 2 aliphatic heterocycles. The van der Waals surface area contributed by atoms with Crippen LogP contribution in [0.2, 0.25) is 0 Å². The lowest BCUT2D eigenvalue weighted by molar-refractivity contribution is -0.138. The third kappa shape index (κ3) is 5.11. The van der Waals surface area contributed by atoms with Crippen LogP contribution in [-0.4, -0.2) is 55.8 Å². The van der Waals surface area contributed by atoms with Gasteiger partial charge in [0.05, 0.1) is 24.7 Å². The van der Waals surface area contributed by atoms with Gasteiger partial charge in [0.1, 0.15) is 11.9 Å². The van der Waals surface area contributed by atoms with E-state index in [9.17, 15) is 18.0 Å². The molecule has 2 fully saturated rings. The van der Waals surface area contributed by atoms with Crippen LogP contribution < -0.4 is 10.1 Å². The highest BCUT2D eigenvalue weighted by Gasteiger charge is 2.31. The summed E-state index contributed by atoms with van der Waals surface area (Å²) in [6, 6.07) is 4.91. The first-order valence-corrected chi connectivity index (χ1v) is 8.86. The number of carbonyl (C=O) groups excluding carboxylic acids is 1. The molecule has 26 heavy (non-hydrogen) atoms. The average Bonchev–Trinajstić information content (AvgIpc) is 2.63. The predicted molar refractivity (Wildman–Crippen MR) is 88.9 cm³/mol. The lowest BCUT2D eigenvalue weighted by Gasteiger charge is -2.33. The Bertz CT molecular complexity index is 610. The summed E-state index contributed by atoms with van der Waals surface area (Å²) in [7, 11) is 0. The summed E-state index contributed by atoms with van der Waals surface area (Å²) in [5, 5.41) is 3.20. The monoisotopic (exact) mass is 372 g/mol. The van der Waals surface area contributed by atoms with Crippen LogP contribution in [0.1, 0.15) is 24.8 Å². The average molecular weight is 372 g/mol. The van der Waals surface area contributed by atoms with Crippen molar-refractivity contribution < 1.29 is 27.4 Å². The van der Waals surface area contributed by atoms with Gasteiger partial charge < -0.3 is 19.7 Å². The fourth-order valence-corrected chi connectivity index (χ4v) is 3.24. The molecule has 0 saturated carbocycles. The number of nitrogens with one attached hydrogen (secondary N) is 1. The maximum atomic E-state index is 12.8. The highest BCUT2D eigenvalue weighted by molar-refractivity contribution is 5.76. The van der Waals surface area contributed by atoms with Crippen molar-refractivity contribution >= 4 is 5.91 Å². The van der Waals surface area contributed by atoms with Gasteiger partial charge in [0, 0.05) is 39.0 Å². The van der Waals surface area contributed by atoms with Gasteiger partial charge in [-0.1, -0.05) is 6.07 Å². The number of hydrogen-bond donors (Lipinski definition) is 1. The smallest absolute Gasteiger partial charge is 0.416 e. The molecular weight excluding hydrogens is 349 g/mol. The second-order valence-corrected chi connectivity index (χ2v) is 6.62. The zero-order chi connectivity index (χ0) is 18.6. The zero-order valence-corrected chi connectivity index (χ0v) is 14.4. The van der Waals surface area contributed by atoms with Gasteiger partial charge >= 0.3 is 6.18 Å². The number of likely N-dealkylation sites (tertiary alicyclic amines) is 1. The van der Waals surface area contributed by atoms with E-state index >= 15 is 0 Å². The van der Waals surface area contributed by atoms with Gasteiger partial charge in [-0.3, -0.25) is 4.79 Å². The standard InChI is InChI=1S/C18H23F3N2O3/c19-18(20,21)13-2-1-3-15(10-13)26-14-4-7-23(8-5-14)17(24)11-16-12-22-6-9-25-16/h1-3,10,14,16,22H,4-9,11-12H2/t16-/m1/s1. The van der Waals surface area contributed by atoms with E-state index in [4.69, 9.17) is 9.47 Å². The number of hydrogen-bond acceptors (Lipinski definition) is 4. The molecule has 0 aliphatic carbocycles. The summed E-state index contributed by atoms with van der Waals surface area (Å²) < 4.78 is 49.5. The first-order chi connectivity index (χ1) is 12.4. The third-order valence-electron chi connectivity index (χ3n) is 4.67. The maximum absolute atomic E-state index is 12.8. The van der Waals surface area contributed by atoms with Crippen LogP contribution in [0.15, 0.2) is 24.3 Å². The summed E-state index contributed by atoms with van der Waals surface area (Å²) >= 11 is 0. The SMILES string of the molecule is O=C(C[C@@H]1CNCCO1)N1CCC(Oc2cccc(C(F)(F)F)c2)CC1. The molecule has 0 aromatic heterocycles. The Kier molecular flexibility index (Phi) is 6.03. The van der Waals surface area contributed by atoms with Crippen LogP contribution in [0.3, 0.4) is 0 Å². The minimum atomic E-state index is -4.38. The Morgan fingerprint density at radius 3 is 2.73 bits per heavy atom. The summed E-state index contributed by atoms with van der Waals surface area (Å²) in [5.74, 6) is 0.266.